The number of aromatic nitrogens is 1. The van der Waals surface area contributed by atoms with Crippen molar-refractivity contribution in [2.75, 3.05) is 4.90 Å². The molecule has 3 aliphatic rings. The first-order chi connectivity index (χ1) is 14.5. The molecule has 2 saturated heterocycles. The lowest BCUT2D eigenvalue weighted by Gasteiger charge is -2.40. The zero-order valence-corrected chi connectivity index (χ0v) is 17.3. The van der Waals surface area contributed by atoms with E-state index in [1.165, 1.54) is 6.20 Å². The van der Waals surface area contributed by atoms with Crippen LogP contribution in [0.15, 0.2) is 42.6 Å². The average molecular weight is 426 g/mol. The summed E-state index contributed by atoms with van der Waals surface area (Å²) in [4.78, 5) is 30.9. The predicted octanol–water partition coefficient (Wildman–Crippen LogP) is 3.78. The van der Waals surface area contributed by atoms with Crippen LogP contribution in [0.2, 0.25) is 5.02 Å². The van der Waals surface area contributed by atoms with Crippen LogP contribution in [0.3, 0.4) is 0 Å². The second-order valence-electron chi connectivity index (χ2n) is 8.73. The van der Waals surface area contributed by atoms with Crippen LogP contribution in [0.1, 0.15) is 54.4 Å². The smallest absolute Gasteiger partial charge is 0.337 e. The first-order valence-electron chi connectivity index (χ1n) is 10.5. The van der Waals surface area contributed by atoms with Crippen LogP contribution in [0, 0.1) is 0 Å². The Labute approximate surface area is 180 Å². The number of aromatic carboxylic acids is 1. The van der Waals surface area contributed by atoms with Crippen molar-refractivity contribution >= 4 is 29.3 Å². The summed E-state index contributed by atoms with van der Waals surface area (Å²) >= 11 is 6.01. The van der Waals surface area contributed by atoms with Crippen molar-refractivity contribution in [3.8, 4) is 0 Å². The average Bonchev–Trinajstić information content (AvgIpc) is 3.50. The van der Waals surface area contributed by atoms with Gasteiger partial charge in [-0.2, -0.15) is 0 Å². The number of carbonyl (C=O) groups is 2. The Morgan fingerprint density at radius 3 is 2.27 bits per heavy atom. The van der Waals surface area contributed by atoms with Crippen LogP contribution in [-0.2, 0) is 10.2 Å². The van der Waals surface area contributed by atoms with Gasteiger partial charge >= 0.3 is 5.97 Å². The zero-order valence-electron chi connectivity index (χ0n) is 16.6. The van der Waals surface area contributed by atoms with Gasteiger partial charge in [0.05, 0.1) is 11.0 Å². The zero-order chi connectivity index (χ0) is 20.9. The molecule has 0 radical (unpaired) electrons. The normalized spacial score (nSPS) is 26.3. The third-order valence-corrected chi connectivity index (χ3v) is 7.16. The van der Waals surface area contributed by atoms with Gasteiger partial charge in [-0.25, -0.2) is 9.78 Å². The molecule has 5 rings (SSSR count). The molecule has 2 unspecified atom stereocenters. The number of pyridine rings is 1. The monoisotopic (exact) mass is 425 g/mol. The van der Waals surface area contributed by atoms with E-state index in [-0.39, 0.29) is 17.5 Å². The lowest BCUT2D eigenvalue weighted by molar-refractivity contribution is -0.124. The number of anilines is 1. The van der Waals surface area contributed by atoms with Gasteiger partial charge in [-0.15, -0.1) is 0 Å². The molecule has 1 amide bonds. The highest BCUT2D eigenvalue weighted by Crippen LogP contribution is 2.49. The van der Waals surface area contributed by atoms with Crippen LogP contribution in [0.4, 0.5) is 5.82 Å². The van der Waals surface area contributed by atoms with E-state index >= 15 is 0 Å². The summed E-state index contributed by atoms with van der Waals surface area (Å²) in [6.07, 6.45) is 7.11. The van der Waals surface area contributed by atoms with Crippen molar-refractivity contribution in [2.24, 2.45) is 0 Å². The van der Waals surface area contributed by atoms with Crippen molar-refractivity contribution in [1.82, 2.24) is 10.3 Å². The molecule has 30 heavy (non-hydrogen) atoms. The first-order valence-corrected chi connectivity index (χ1v) is 10.9. The molecule has 2 bridgehead atoms. The second kappa shape index (κ2) is 7.27. The lowest BCUT2D eigenvalue weighted by atomic mass is 9.92. The Bertz CT molecular complexity index is 958. The van der Waals surface area contributed by atoms with Gasteiger partial charge < -0.3 is 15.3 Å². The van der Waals surface area contributed by atoms with Gasteiger partial charge in [0.15, 0.2) is 0 Å². The summed E-state index contributed by atoms with van der Waals surface area (Å²) in [5.74, 6) is -0.00292. The number of piperidine rings is 1. The highest BCUT2D eigenvalue weighted by Gasteiger charge is 2.52. The van der Waals surface area contributed by atoms with Crippen LogP contribution >= 0.6 is 11.6 Å². The van der Waals surface area contributed by atoms with Gasteiger partial charge in [-0.05, 0) is 68.4 Å². The standard InChI is InChI=1S/C23H24ClN3O3/c24-16-4-2-15(3-5-16)23(9-10-23)22(30)26-17-11-18-6-7-19(12-17)27(18)20-8-1-14(13-25-20)21(28)29/h1-5,8,13,17-19H,6-7,9-12H2,(H,26,30)(H,28,29). The summed E-state index contributed by atoms with van der Waals surface area (Å²) < 4.78 is 0. The van der Waals surface area contributed by atoms with E-state index in [2.05, 4.69) is 15.2 Å². The highest BCUT2D eigenvalue weighted by molar-refractivity contribution is 6.30. The second-order valence-corrected chi connectivity index (χ2v) is 9.17. The number of halogens is 1. The van der Waals surface area contributed by atoms with E-state index in [0.29, 0.717) is 17.1 Å². The number of carboxylic acids is 1. The highest BCUT2D eigenvalue weighted by atomic mass is 35.5. The summed E-state index contributed by atoms with van der Waals surface area (Å²) in [5.41, 5.74) is 0.854. The number of nitrogens with one attached hydrogen (secondary N) is 1. The number of carbonyl (C=O) groups excluding carboxylic acids is 1. The molecule has 7 heteroatoms. The van der Waals surface area contributed by atoms with E-state index in [9.17, 15) is 9.59 Å². The SMILES string of the molecule is O=C(O)c1ccc(N2C3CCC2CC(NC(=O)C2(c4ccc(Cl)cc4)CC2)C3)nc1. The van der Waals surface area contributed by atoms with Crippen LogP contribution < -0.4 is 10.2 Å². The van der Waals surface area contributed by atoms with Gasteiger partial charge in [-0.1, -0.05) is 23.7 Å². The van der Waals surface area contributed by atoms with Crippen molar-refractivity contribution < 1.29 is 14.7 Å². The largest absolute Gasteiger partial charge is 0.478 e. The number of benzene rings is 1. The van der Waals surface area contributed by atoms with Crippen molar-refractivity contribution in [3.63, 3.8) is 0 Å². The van der Waals surface area contributed by atoms with Gasteiger partial charge in [0.1, 0.15) is 5.82 Å². The molecule has 6 nitrogen and oxygen atoms in total. The molecule has 1 aliphatic carbocycles. The Hall–Kier alpha value is -2.60. The van der Waals surface area contributed by atoms with Gasteiger partial charge in [0.2, 0.25) is 5.91 Å². The fraction of sp³-hybridized carbons (Fsp3) is 0.435. The number of hydrogen-bond donors (Lipinski definition) is 2. The predicted molar refractivity (Wildman–Crippen MR) is 114 cm³/mol. The molecule has 3 fully saturated rings. The quantitative estimate of drug-likeness (QED) is 0.761. The fourth-order valence-electron chi connectivity index (χ4n) is 5.20. The minimum atomic E-state index is -0.965. The molecule has 2 aromatic rings. The maximum Gasteiger partial charge on any atom is 0.337 e. The minimum absolute atomic E-state index is 0.131. The van der Waals surface area contributed by atoms with E-state index in [1.807, 2.05) is 24.3 Å². The third kappa shape index (κ3) is 3.33. The number of rotatable bonds is 5. The molecule has 156 valence electrons. The summed E-state index contributed by atoms with van der Waals surface area (Å²) in [6, 6.07) is 11.9. The van der Waals surface area contributed by atoms with Gasteiger partial charge in [-0.3, -0.25) is 4.79 Å². The van der Waals surface area contributed by atoms with Crippen molar-refractivity contribution in [1.29, 1.82) is 0 Å². The van der Waals surface area contributed by atoms with Crippen LogP contribution in [-0.4, -0.2) is 40.1 Å². The molecular formula is C23H24ClN3O3. The number of hydrogen-bond acceptors (Lipinski definition) is 4. The fourth-order valence-corrected chi connectivity index (χ4v) is 5.32. The molecule has 1 saturated carbocycles. The minimum Gasteiger partial charge on any atom is -0.478 e. The third-order valence-electron chi connectivity index (χ3n) is 6.91. The topological polar surface area (TPSA) is 82.5 Å². The molecular weight excluding hydrogens is 402 g/mol. The molecule has 2 N–H and O–H groups in total. The van der Waals surface area contributed by atoms with E-state index in [4.69, 9.17) is 16.7 Å². The van der Waals surface area contributed by atoms with Crippen LogP contribution in [0.25, 0.3) is 0 Å². The molecule has 2 aliphatic heterocycles. The van der Waals surface area contributed by atoms with Gasteiger partial charge in [0.25, 0.3) is 0 Å². The molecule has 0 spiro atoms. The number of amides is 1. The Morgan fingerprint density at radius 1 is 1.07 bits per heavy atom. The van der Waals surface area contributed by atoms with E-state index in [0.717, 1.165) is 49.9 Å². The van der Waals surface area contributed by atoms with E-state index < -0.39 is 11.4 Å². The Kier molecular flexibility index (Phi) is 4.69. The summed E-state index contributed by atoms with van der Waals surface area (Å²) in [5, 5.41) is 13.1. The molecule has 2 atom stereocenters. The summed E-state index contributed by atoms with van der Waals surface area (Å²) in [6.45, 7) is 0. The van der Waals surface area contributed by atoms with Gasteiger partial charge in [0, 0.05) is 29.3 Å². The maximum absolute atomic E-state index is 13.1. The number of carboxylic acid groups (broad SMARTS) is 1. The van der Waals surface area contributed by atoms with Crippen molar-refractivity contribution in [2.45, 2.75) is 62.1 Å². The molecule has 1 aromatic heterocycles. The number of fused-ring (bicyclic) bond motifs is 2. The lowest BCUT2D eigenvalue weighted by Crippen LogP contribution is -2.52. The van der Waals surface area contributed by atoms with E-state index in [1.54, 1.807) is 12.1 Å². The number of nitrogens with zero attached hydrogens (tertiary/aromatic N) is 2. The summed E-state index contributed by atoms with van der Waals surface area (Å²) in [7, 11) is 0. The Balaban J connectivity index is 1.26. The maximum atomic E-state index is 13.1. The molecule has 1 aromatic carbocycles. The Morgan fingerprint density at radius 2 is 1.73 bits per heavy atom. The molecule has 3 heterocycles. The van der Waals surface area contributed by atoms with Crippen LogP contribution in [0.5, 0.6) is 0 Å². The first kappa shape index (κ1) is 19.4. The van der Waals surface area contributed by atoms with Crippen molar-refractivity contribution in [3.05, 3.63) is 58.7 Å².